The number of nitrogens with one attached hydrogen (secondary N) is 2. The number of fused-ring (bicyclic) bond motifs is 1. The fourth-order valence-corrected chi connectivity index (χ4v) is 2.74. The summed E-state index contributed by atoms with van der Waals surface area (Å²) in [6.07, 6.45) is 1.93. The molecule has 3 aromatic rings. The third-order valence-corrected chi connectivity index (χ3v) is 4.27. The third kappa shape index (κ3) is 4.12. The van der Waals surface area contributed by atoms with Gasteiger partial charge in [-0.05, 0) is 43.7 Å². The van der Waals surface area contributed by atoms with Gasteiger partial charge in [0.05, 0.1) is 22.7 Å². The SMILES string of the molecule is C=CCCOC(C)C(=O)Nc1ccc2nc(-c3ccccc3Cl)[nH]c2c1. The fourth-order valence-electron chi connectivity index (χ4n) is 2.52. The number of ether oxygens (including phenoxy) is 1. The van der Waals surface area contributed by atoms with Crippen molar-refractivity contribution in [3.8, 4) is 11.4 Å². The van der Waals surface area contributed by atoms with Crippen molar-refractivity contribution in [1.82, 2.24) is 9.97 Å². The Kier molecular flexibility index (Phi) is 5.71. The van der Waals surface area contributed by atoms with E-state index in [9.17, 15) is 4.79 Å². The van der Waals surface area contributed by atoms with Crippen LogP contribution in [0.15, 0.2) is 55.1 Å². The zero-order chi connectivity index (χ0) is 18.5. The number of rotatable bonds is 7. The highest BCUT2D eigenvalue weighted by Gasteiger charge is 2.14. The highest BCUT2D eigenvalue weighted by atomic mass is 35.5. The molecule has 0 aliphatic carbocycles. The molecule has 0 saturated heterocycles. The van der Waals surface area contributed by atoms with Gasteiger partial charge in [0.1, 0.15) is 11.9 Å². The number of aromatic nitrogens is 2. The van der Waals surface area contributed by atoms with Crippen molar-refractivity contribution in [3.63, 3.8) is 0 Å². The van der Waals surface area contributed by atoms with Crippen LogP contribution in [0.25, 0.3) is 22.4 Å². The van der Waals surface area contributed by atoms with Gasteiger partial charge in [0, 0.05) is 11.3 Å². The van der Waals surface area contributed by atoms with Crippen LogP contribution in [0.5, 0.6) is 0 Å². The second-order valence-corrected chi connectivity index (χ2v) is 6.28. The average Bonchev–Trinajstić information content (AvgIpc) is 3.05. The van der Waals surface area contributed by atoms with Gasteiger partial charge >= 0.3 is 0 Å². The van der Waals surface area contributed by atoms with Crippen molar-refractivity contribution in [3.05, 3.63) is 60.1 Å². The Bertz CT molecular complexity index is 936. The second-order valence-electron chi connectivity index (χ2n) is 5.88. The molecule has 2 aromatic carbocycles. The van der Waals surface area contributed by atoms with Gasteiger partial charge < -0.3 is 15.0 Å². The van der Waals surface area contributed by atoms with E-state index < -0.39 is 6.10 Å². The maximum Gasteiger partial charge on any atom is 0.253 e. The number of H-pyrrole nitrogens is 1. The molecule has 0 radical (unpaired) electrons. The third-order valence-electron chi connectivity index (χ3n) is 3.94. The quantitative estimate of drug-likeness (QED) is 0.464. The molecule has 0 spiro atoms. The number of carbonyl (C=O) groups is 1. The minimum absolute atomic E-state index is 0.195. The minimum atomic E-state index is -0.536. The number of hydrogen-bond acceptors (Lipinski definition) is 3. The zero-order valence-electron chi connectivity index (χ0n) is 14.5. The summed E-state index contributed by atoms with van der Waals surface area (Å²) in [6.45, 7) is 5.83. The van der Waals surface area contributed by atoms with E-state index in [2.05, 4.69) is 21.9 Å². The van der Waals surface area contributed by atoms with Crippen LogP contribution in [0.4, 0.5) is 5.69 Å². The molecule has 6 heteroatoms. The van der Waals surface area contributed by atoms with E-state index in [1.54, 1.807) is 13.0 Å². The van der Waals surface area contributed by atoms with Crippen LogP contribution in [0.1, 0.15) is 13.3 Å². The van der Waals surface area contributed by atoms with Crippen LogP contribution in [0, 0.1) is 0 Å². The summed E-state index contributed by atoms with van der Waals surface area (Å²) in [4.78, 5) is 20.0. The average molecular weight is 370 g/mol. The first kappa shape index (κ1) is 18.2. The molecule has 5 nitrogen and oxygen atoms in total. The Morgan fingerprint density at radius 1 is 1.38 bits per heavy atom. The Morgan fingerprint density at radius 3 is 2.96 bits per heavy atom. The highest BCUT2D eigenvalue weighted by molar-refractivity contribution is 6.33. The van der Waals surface area contributed by atoms with Crippen molar-refractivity contribution >= 4 is 34.2 Å². The van der Waals surface area contributed by atoms with Crippen molar-refractivity contribution in [2.45, 2.75) is 19.4 Å². The second kappa shape index (κ2) is 8.17. The summed E-state index contributed by atoms with van der Waals surface area (Å²) in [6, 6.07) is 13.0. The molecule has 3 rings (SSSR count). The minimum Gasteiger partial charge on any atom is -0.368 e. The maximum absolute atomic E-state index is 12.2. The van der Waals surface area contributed by atoms with Crippen LogP contribution in [-0.4, -0.2) is 28.6 Å². The van der Waals surface area contributed by atoms with Crippen LogP contribution >= 0.6 is 11.6 Å². The Hall–Kier alpha value is -2.63. The summed E-state index contributed by atoms with van der Waals surface area (Å²) < 4.78 is 5.46. The van der Waals surface area contributed by atoms with E-state index >= 15 is 0 Å². The maximum atomic E-state index is 12.2. The van der Waals surface area contributed by atoms with Crippen molar-refractivity contribution in [2.24, 2.45) is 0 Å². The van der Waals surface area contributed by atoms with Crippen LogP contribution < -0.4 is 5.32 Å². The number of amides is 1. The smallest absolute Gasteiger partial charge is 0.253 e. The molecule has 134 valence electrons. The van der Waals surface area contributed by atoms with Crippen LogP contribution in [0.2, 0.25) is 5.02 Å². The van der Waals surface area contributed by atoms with E-state index in [0.29, 0.717) is 29.6 Å². The van der Waals surface area contributed by atoms with Gasteiger partial charge in [-0.2, -0.15) is 0 Å². The Morgan fingerprint density at radius 2 is 2.19 bits per heavy atom. The van der Waals surface area contributed by atoms with Crippen LogP contribution in [-0.2, 0) is 9.53 Å². The molecule has 0 fully saturated rings. The van der Waals surface area contributed by atoms with Gasteiger partial charge in [0.15, 0.2) is 0 Å². The molecule has 1 heterocycles. The molecule has 1 atom stereocenters. The predicted octanol–water partition coefficient (Wildman–Crippen LogP) is 4.80. The van der Waals surface area contributed by atoms with E-state index in [0.717, 1.165) is 16.6 Å². The molecule has 2 N–H and O–H groups in total. The first-order valence-corrected chi connectivity index (χ1v) is 8.74. The van der Waals surface area contributed by atoms with E-state index in [1.165, 1.54) is 0 Å². The highest BCUT2D eigenvalue weighted by Crippen LogP contribution is 2.28. The molecule has 0 aliphatic rings. The van der Waals surface area contributed by atoms with Crippen molar-refractivity contribution in [2.75, 3.05) is 11.9 Å². The van der Waals surface area contributed by atoms with E-state index in [4.69, 9.17) is 16.3 Å². The molecule has 0 aliphatic heterocycles. The van der Waals surface area contributed by atoms with Crippen LogP contribution in [0.3, 0.4) is 0 Å². The summed E-state index contributed by atoms with van der Waals surface area (Å²) in [5.41, 5.74) is 3.13. The van der Waals surface area contributed by atoms with Crippen molar-refractivity contribution in [1.29, 1.82) is 0 Å². The van der Waals surface area contributed by atoms with Gasteiger partial charge in [-0.25, -0.2) is 4.98 Å². The molecule has 0 bridgehead atoms. The summed E-state index contributed by atoms with van der Waals surface area (Å²) in [5, 5.41) is 3.49. The van der Waals surface area contributed by atoms with Gasteiger partial charge in [-0.15, -0.1) is 6.58 Å². The normalized spacial score (nSPS) is 12.1. The summed E-state index contributed by atoms with van der Waals surface area (Å²) in [7, 11) is 0. The van der Waals surface area contributed by atoms with Gasteiger partial charge in [-0.1, -0.05) is 29.8 Å². The first-order valence-electron chi connectivity index (χ1n) is 8.36. The number of halogens is 1. The monoisotopic (exact) mass is 369 g/mol. The lowest BCUT2D eigenvalue weighted by Crippen LogP contribution is -2.27. The predicted molar refractivity (Wildman–Crippen MR) is 105 cm³/mol. The molecule has 1 unspecified atom stereocenters. The van der Waals surface area contributed by atoms with Gasteiger partial charge in [0.2, 0.25) is 0 Å². The molecule has 0 saturated carbocycles. The Labute approximate surface area is 157 Å². The molecule has 26 heavy (non-hydrogen) atoms. The molecular weight excluding hydrogens is 350 g/mol. The van der Waals surface area contributed by atoms with Crippen molar-refractivity contribution < 1.29 is 9.53 Å². The van der Waals surface area contributed by atoms with E-state index in [1.807, 2.05) is 42.5 Å². The first-order chi connectivity index (χ1) is 12.6. The lowest BCUT2D eigenvalue weighted by Gasteiger charge is -2.12. The van der Waals surface area contributed by atoms with E-state index in [-0.39, 0.29) is 5.91 Å². The summed E-state index contributed by atoms with van der Waals surface area (Å²) in [5.74, 6) is 0.495. The Balaban J connectivity index is 1.76. The number of imidazole rings is 1. The molecular formula is C20H20ClN3O2. The number of nitrogens with zero attached hydrogens (tertiary/aromatic N) is 1. The number of hydrogen-bond donors (Lipinski definition) is 2. The topological polar surface area (TPSA) is 67.0 Å². The fraction of sp³-hybridized carbons (Fsp3) is 0.200. The standard InChI is InChI=1S/C20H20ClN3O2/c1-3-4-11-26-13(2)20(25)22-14-9-10-17-18(12-14)24-19(23-17)15-7-5-6-8-16(15)21/h3,5-10,12-13H,1,4,11H2,2H3,(H,22,25)(H,23,24). The number of anilines is 1. The lowest BCUT2D eigenvalue weighted by molar-refractivity contribution is -0.126. The number of benzene rings is 2. The lowest BCUT2D eigenvalue weighted by atomic mass is 10.2. The van der Waals surface area contributed by atoms with Gasteiger partial charge in [0.25, 0.3) is 5.91 Å². The zero-order valence-corrected chi connectivity index (χ0v) is 15.2. The largest absolute Gasteiger partial charge is 0.368 e. The summed E-state index contributed by atoms with van der Waals surface area (Å²) >= 11 is 6.24. The van der Waals surface area contributed by atoms with Gasteiger partial charge in [-0.3, -0.25) is 4.79 Å². The number of aromatic amines is 1. The molecule has 1 aromatic heterocycles. The molecule has 1 amide bonds. The number of carbonyl (C=O) groups excluding carboxylic acids is 1.